The Morgan fingerprint density at radius 3 is 2.70 bits per heavy atom. The fraction of sp³-hybridized carbons (Fsp3) is 0.250. The number of pyridine rings is 1. The second-order valence-corrected chi connectivity index (χ2v) is 4.32. The number of hydrogen-bond acceptors (Lipinski definition) is 4. The first-order valence-electron chi connectivity index (χ1n) is 6.51. The zero-order chi connectivity index (χ0) is 14.4. The van der Waals surface area contributed by atoms with Gasteiger partial charge in [-0.3, -0.25) is 4.98 Å². The second kappa shape index (κ2) is 6.70. The molecule has 0 radical (unpaired) electrons. The minimum Gasteiger partial charge on any atom is -0.486 e. The molecule has 0 fully saturated rings. The summed E-state index contributed by atoms with van der Waals surface area (Å²) in [5.74, 6) is 0.0546. The van der Waals surface area contributed by atoms with Crippen LogP contribution in [0.4, 0.5) is 0 Å². The van der Waals surface area contributed by atoms with Crippen molar-refractivity contribution in [2.75, 3.05) is 6.61 Å². The van der Waals surface area contributed by atoms with Crippen LogP contribution in [0.1, 0.15) is 28.5 Å². The van der Waals surface area contributed by atoms with Gasteiger partial charge in [-0.15, -0.1) is 0 Å². The summed E-state index contributed by atoms with van der Waals surface area (Å²) in [5, 5.41) is 0. The van der Waals surface area contributed by atoms with Gasteiger partial charge in [0.1, 0.15) is 12.2 Å². The van der Waals surface area contributed by atoms with Gasteiger partial charge in [0, 0.05) is 5.69 Å². The first-order chi connectivity index (χ1) is 9.70. The Labute approximate surface area is 118 Å². The lowest BCUT2D eigenvalue weighted by Gasteiger charge is -2.11. The number of ether oxygens (including phenoxy) is 2. The summed E-state index contributed by atoms with van der Waals surface area (Å²) in [4.78, 5) is 16.1. The topological polar surface area (TPSA) is 48.4 Å². The quantitative estimate of drug-likeness (QED) is 0.784. The van der Waals surface area contributed by atoms with Crippen molar-refractivity contribution < 1.29 is 14.3 Å². The van der Waals surface area contributed by atoms with Gasteiger partial charge in [-0.25, -0.2) is 4.79 Å². The Bertz CT molecular complexity index is 582. The molecule has 2 aromatic rings. The zero-order valence-corrected chi connectivity index (χ0v) is 11.6. The first kappa shape index (κ1) is 14.1. The van der Waals surface area contributed by atoms with Crippen LogP contribution in [0.2, 0.25) is 0 Å². The maximum absolute atomic E-state index is 11.9. The molecular weight excluding hydrogens is 254 g/mol. The van der Waals surface area contributed by atoms with Crippen molar-refractivity contribution in [2.24, 2.45) is 0 Å². The molecule has 104 valence electrons. The molecule has 0 aliphatic heterocycles. The maximum Gasteiger partial charge on any atom is 0.342 e. The minimum atomic E-state index is -0.388. The van der Waals surface area contributed by atoms with Crippen molar-refractivity contribution in [1.82, 2.24) is 4.98 Å². The van der Waals surface area contributed by atoms with E-state index in [1.807, 2.05) is 37.3 Å². The Balaban J connectivity index is 2.16. The summed E-state index contributed by atoms with van der Waals surface area (Å²) in [6.07, 6.45) is 1.56. The van der Waals surface area contributed by atoms with Gasteiger partial charge in [-0.2, -0.15) is 0 Å². The summed E-state index contributed by atoms with van der Waals surface area (Å²) in [5.41, 5.74) is 2.19. The van der Waals surface area contributed by atoms with Gasteiger partial charge in [0.15, 0.2) is 5.75 Å². The summed E-state index contributed by atoms with van der Waals surface area (Å²) < 4.78 is 10.7. The highest BCUT2D eigenvalue weighted by atomic mass is 16.5. The smallest absolute Gasteiger partial charge is 0.342 e. The molecule has 0 amide bonds. The lowest BCUT2D eigenvalue weighted by Crippen LogP contribution is -2.09. The van der Waals surface area contributed by atoms with E-state index in [1.165, 1.54) is 0 Å². The average molecular weight is 271 g/mol. The standard InChI is InChI=1S/C16H17NO3/c1-3-19-16(18)14-9-12(2)17-10-15(14)20-11-13-7-5-4-6-8-13/h4-10H,3,11H2,1-2H3. The number of carbonyl (C=O) groups excluding carboxylic acids is 1. The predicted molar refractivity (Wildman–Crippen MR) is 75.7 cm³/mol. The fourth-order valence-electron chi connectivity index (χ4n) is 1.77. The van der Waals surface area contributed by atoms with Crippen LogP contribution in [0, 0.1) is 6.92 Å². The highest BCUT2D eigenvalue weighted by Gasteiger charge is 2.14. The summed E-state index contributed by atoms with van der Waals surface area (Å²) in [7, 11) is 0. The third kappa shape index (κ3) is 3.57. The van der Waals surface area contributed by atoms with E-state index in [0.29, 0.717) is 24.5 Å². The normalized spacial score (nSPS) is 10.1. The molecule has 0 unspecified atom stereocenters. The van der Waals surface area contributed by atoms with E-state index in [0.717, 1.165) is 11.3 Å². The van der Waals surface area contributed by atoms with E-state index in [-0.39, 0.29) is 5.97 Å². The number of aromatic nitrogens is 1. The lowest BCUT2D eigenvalue weighted by atomic mass is 10.2. The van der Waals surface area contributed by atoms with Crippen LogP contribution in [-0.4, -0.2) is 17.6 Å². The second-order valence-electron chi connectivity index (χ2n) is 4.32. The molecule has 4 nitrogen and oxygen atoms in total. The van der Waals surface area contributed by atoms with Crippen LogP contribution < -0.4 is 4.74 Å². The van der Waals surface area contributed by atoms with Crippen LogP contribution in [-0.2, 0) is 11.3 Å². The zero-order valence-electron chi connectivity index (χ0n) is 11.6. The Kier molecular flexibility index (Phi) is 4.71. The number of benzene rings is 1. The van der Waals surface area contributed by atoms with Gasteiger partial charge < -0.3 is 9.47 Å². The Morgan fingerprint density at radius 2 is 2.00 bits per heavy atom. The molecule has 0 spiro atoms. The molecule has 1 aromatic carbocycles. The third-order valence-electron chi connectivity index (χ3n) is 2.74. The van der Waals surface area contributed by atoms with Gasteiger partial charge in [-0.05, 0) is 25.5 Å². The molecule has 1 aromatic heterocycles. The number of hydrogen-bond donors (Lipinski definition) is 0. The van der Waals surface area contributed by atoms with Crippen LogP contribution in [0.3, 0.4) is 0 Å². The minimum absolute atomic E-state index is 0.332. The number of rotatable bonds is 5. The molecule has 0 aliphatic rings. The van der Waals surface area contributed by atoms with Gasteiger partial charge in [0.05, 0.1) is 12.8 Å². The Hall–Kier alpha value is -2.36. The highest BCUT2D eigenvalue weighted by Crippen LogP contribution is 2.20. The summed E-state index contributed by atoms with van der Waals surface area (Å²) in [6.45, 7) is 4.32. The number of esters is 1. The van der Waals surface area contributed by atoms with E-state index in [9.17, 15) is 4.79 Å². The monoisotopic (exact) mass is 271 g/mol. The molecule has 0 saturated carbocycles. The summed E-state index contributed by atoms with van der Waals surface area (Å²) >= 11 is 0. The van der Waals surface area contributed by atoms with E-state index < -0.39 is 0 Å². The first-order valence-corrected chi connectivity index (χ1v) is 6.51. The molecule has 0 saturated heterocycles. The largest absolute Gasteiger partial charge is 0.486 e. The molecular formula is C16H17NO3. The van der Waals surface area contributed by atoms with Crippen LogP contribution in [0.25, 0.3) is 0 Å². The molecule has 0 N–H and O–H groups in total. The van der Waals surface area contributed by atoms with Crippen LogP contribution >= 0.6 is 0 Å². The molecule has 2 rings (SSSR count). The third-order valence-corrected chi connectivity index (χ3v) is 2.74. The van der Waals surface area contributed by atoms with Crippen molar-refractivity contribution >= 4 is 5.97 Å². The molecule has 0 aliphatic carbocycles. The fourth-order valence-corrected chi connectivity index (χ4v) is 1.77. The SMILES string of the molecule is CCOC(=O)c1cc(C)ncc1OCc1ccccc1. The van der Waals surface area contributed by atoms with Crippen molar-refractivity contribution in [1.29, 1.82) is 0 Å². The van der Waals surface area contributed by atoms with Crippen molar-refractivity contribution in [2.45, 2.75) is 20.5 Å². The van der Waals surface area contributed by atoms with Gasteiger partial charge in [0.2, 0.25) is 0 Å². The van der Waals surface area contributed by atoms with E-state index in [2.05, 4.69) is 4.98 Å². The van der Waals surface area contributed by atoms with E-state index in [4.69, 9.17) is 9.47 Å². The summed E-state index contributed by atoms with van der Waals surface area (Å²) in [6, 6.07) is 11.4. The van der Waals surface area contributed by atoms with Crippen molar-refractivity contribution in [3.63, 3.8) is 0 Å². The highest BCUT2D eigenvalue weighted by molar-refractivity contribution is 5.92. The maximum atomic E-state index is 11.9. The molecule has 1 heterocycles. The number of aryl methyl sites for hydroxylation is 1. The Morgan fingerprint density at radius 1 is 1.25 bits per heavy atom. The van der Waals surface area contributed by atoms with Gasteiger partial charge >= 0.3 is 5.97 Å². The lowest BCUT2D eigenvalue weighted by molar-refractivity contribution is 0.0521. The molecule has 4 heteroatoms. The molecule has 20 heavy (non-hydrogen) atoms. The van der Waals surface area contributed by atoms with Gasteiger partial charge in [0.25, 0.3) is 0 Å². The van der Waals surface area contributed by atoms with Crippen molar-refractivity contribution in [3.8, 4) is 5.75 Å². The number of nitrogens with zero attached hydrogens (tertiary/aromatic N) is 1. The van der Waals surface area contributed by atoms with Crippen molar-refractivity contribution in [3.05, 3.63) is 59.4 Å². The predicted octanol–water partition coefficient (Wildman–Crippen LogP) is 3.15. The molecule has 0 atom stereocenters. The van der Waals surface area contributed by atoms with Crippen LogP contribution in [0.15, 0.2) is 42.6 Å². The van der Waals surface area contributed by atoms with Crippen LogP contribution in [0.5, 0.6) is 5.75 Å². The van der Waals surface area contributed by atoms with Gasteiger partial charge in [-0.1, -0.05) is 30.3 Å². The number of carbonyl (C=O) groups is 1. The van der Waals surface area contributed by atoms with E-state index >= 15 is 0 Å². The average Bonchev–Trinajstić information content (AvgIpc) is 2.47. The molecule has 0 bridgehead atoms. The van der Waals surface area contributed by atoms with E-state index in [1.54, 1.807) is 19.2 Å².